The third-order valence-corrected chi connectivity index (χ3v) is 5.95. The van der Waals surface area contributed by atoms with E-state index in [1.807, 2.05) is 57.5 Å². The van der Waals surface area contributed by atoms with Gasteiger partial charge >= 0.3 is 0 Å². The molecule has 2 heterocycles. The highest BCUT2D eigenvalue weighted by Crippen LogP contribution is 2.38. The van der Waals surface area contributed by atoms with Crippen LogP contribution >= 0.6 is 0 Å². The van der Waals surface area contributed by atoms with Crippen molar-refractivity contribution in [2.45, 2.75) is 0 Å². The molecule has 10 heteroatoms. The second kappa shape index (κ2) is 11.0. The number of benzene rings is 2. The van der Waals surface area contributed by atoms with Crippen LogP contribution < -0.4 is 26.0 Å². The van der Waals surface area contributed by atoms with Gasteiger partial charge in [0.25, 0.3) is 0 Å². The minimum Gasteiger partial charge on any atom is -0.494 e. The van der Waals surface area contributed by atoms with Gasteiger partial charge in [0.15, 0.2) is 0 Å². The molecule has 10 nitrogen and oxygen atoms in total. The Labute approximate surface area is 216 Å². The van der Waals surface area contributed by atoms with E-state index in [9.17, 15) is 4.79 Å². The lowest BCUT2D eigenvalue weighted by atomic mass is 10.1. The van der Waals surface area contributed by atoms with Gasteiger partial charge in [-0.3, -0.25) is 4.79 Å². The molecular formula is C27H32N8O2. The Morgan fingerprint density at radius 2 is 1.95 bits per heavy atom. The van der Waals surface area contributed by atoms with E-state index >= 15 is 0 Å². The number of carbonyl (C=O) groups excluding carboxylic acids is 1. The van der Waals surface area contributed by atoms with E-state index in [1.165, 1.54) is 6.08 Å². The van der Waals surface area contributed by atoms with Crippen LogP contribution in [0.1, 0.15) is 0 Å². The summed E-state index contributed by atoms with van der Waals surface area (Å²) >= 11 is 0. The first-order chi connectivity index (χ1) is 17.8. The second-order valence-corrected chi connectivity index (χ2v) is 8.84. The molecule has 2 aromatic heterocycles. The van der Waals surface area contributed by atoms with Crippen LogP contribution in [0.25, 0.3) is 22.2 Å². The molecule has 4 rings (SSSR count). The number of aromatic nitrogens is 3. The molecule has 0 unspecified atom stereocenters. The largest absolute Gasteiger partial charge is 0.494 e. The fourth-order valence-corrected chi connectivity index (χ4v) is 4.02. The summed E-state index contributed by atoms with van der Waals surface area (Å²) in [6.07, 6.45) is 2.90. The fraction of sp³-hybridized carbons (Fsp3) is 0.222. The van der Waals surface area contributed by atoms with E-state index in [-0.39, 0.29) is 5.91 Å². The van der Waals surface area contributed by atoms with Gasteiger partial charge in [0, 0.05) is 48.9 Å². The fourth-order valence-electron chi connectivity index (χ4n) is 4.02. The van der Waals surface area contributed by atoms with E-state index in [0.717, 1.165) is 35.2 Å². The van der Waals surface area contributed by atoms with E-state index in [1.54, 1.807) is 19.4 Å². The SMILES string of the molecule is C=CC(=O)Nc1cc(Nc2nccc(-c3c(N)[nH]c4ccccc34)n2)c(OC)cc1N(C)CCN(C)C. The minimum atomic E-state index is -0.313. The molecule has 0 fully saturated rings. The number of methoxy groups -OCH3 is 1. The number of carbonyl (C=O) groups is 1. The molecular weight excluding hydrogens is 468 g/mol. The molecule has 4 aromatic rings. The molecule has 0 aliphatic rings. The number of ether oxygens (including phenoxy) is 1. The van der Waals surface area contributed by atoms with Crippen LogP contribution in [0, 0.1) is 0 Å². The van der Waals surface area contributed by atoms with E-state index in [0.29, 0.717) is 34.6 Å². The first-order valence-electron chi connectivity index (χ1n) is 11.8. The third kappa shape index (κ3) is 5.65. The Morgan fingerprint density at radius 3 is 2.68 bits per heavy atom. The van der Waals surface area contributed by atoms with Crippen molar-refractivity contribution in [3.05, 3.63) is 61.3 Å². The van der Waals surface area contributed by atoms with Gasteiger partial charge in [-0.25, -0.2) is 9.97 Å². The maximum absolute atomic E-state index is 12.2. The van der Waals surface area contributed by atoms with Crippen LogP contribution in [0.4, 0.5) is 28.8 Å². The Hall–Kier alpha value is -4.57. The van der Waals surface area contributed by atoms with Crippen molar-refractivity contribution >= 4 is 45.6 Å². The zero-order valence-electron chi connectivity index (χ0n) is 21.5. The van der Waals surface area contributed by atoms with Crippen LogP contribution in [0.2, 0.25) is 0 Å². The average Bonchev–Trinajstić information content (AvgIpc) is 3.23. The number of anilines is 5. The first kappa shape index (κ1) is 25.5. The molecule has 0 aliphatic carbocycles. The highest BCUT2D eigenvalue weighted by atomic mass is 16.5. The minimum absolute atomic E-state index is 0.313. The van der Waals surface area contributed by atoms with Gasteiger partial charge in [0.2, 0.25) is 11.9 Å². The Balaban J connectivity index is 1.71. The van der Waals surface area contributed by atoms with Crippen LogP contribution in [-0.4, -0.2) is 67.1 Å². The standard InChI is InChI=1S/C27H32N8O2/c1-6-24(36)30-20-15-21(23(37-5)16-22(20)35(4)14-13-34(2)3)33-27-29-12-11-19(32-27)25-17-9-7-8-10-18(17)31-26(25)28/h6-12,15-16,31H,1,13-14,28H2,2-5H3,(H,30,36)(H,29,32,33). The maximum atomic E-state index is 12.2. The highest BCUT2D eigenvalue weighted by molar-refractivity contribution is 6.02. The Bertz CT molecular complexity index is 1430. The van der Waals surface area contributed by atoms with Crippen molar-refractivity contribution in [2.24, 2.45) is 0 Å². The molecule has 0 saturated heterocycles. The molecule has 0 radical (unpaired) electrons. The number of rotatable bonds is 10. The predicted octanol–water partition coefficient (Wildman–Crippen LogP) is 4.08. The topological polar surface area (TPSA) is 124 Å². The van der Waals surface area contributed by atoms with Gasteiger partial charge in [-0.1, -0.05) is 24.8 Å². The quantitative estimate of drug-likeness (QED) is 0.240. The van der Waals surface area contributed by atoms with Gasteiger partial charge < -0.3 is 35.9 Å². The lowest BCUT2D eigenvalue weighted by molar-refractivity contribution is -0.111. The van der Waals surface area contributed by atoms with Gasteiger partial charge in [0.1, 0.15) is 11.6 Å². The van der Waals surface area contributed by atoms with Crippen molar-refractivity contribution in [1.29, 1.82) is 0 Å². The molecule has 0 atom stereocenters. The maximum Gasteiger partial charge on any atom is 0.247 e. The molecule has 0 saturated carbocycles. The number of nitrogen functional groups attached to an aromatic ring is 1. The number of H-pyrrole nitrogens is 1. The summed E-state index contributed by atoms with van der Waals surface area (Å²) in [5, 5.41) is 7.11. The first-order valence-corrected chi connectivity index (χ1v) is 11.8. The number of hydrogen-bond acceptors (Lipinski definition) is 8. The van der Waals surface area contributed by atoms with E-state index in [2.05, 4.69) is 37.0 Å². The molecule has 37 heavy (non-hydrogen) atoms. The molecule has 5 N–H and O–H groups in total. The summed E-state index contributed by atoms with van der Waals surface area (Å²) < 4.78 is 5.69. The number of nitrogens with zero attached hydrogens (tertiary/aromatic N) is 4. The normalized spacial score (nSPS) is 10.9. The lowest BCUT2D eigenvalue weighted by Gasteiger charge is -2.26. The number of hydrogen-bond donors (Lipinski definition) is 4. The van der Waals surface area contributed by atoms with Crippen LogP contribution in [0.5, 0.6) is 5.75 Å². The average molecular weight is 501 g/mol. The number of nitrogens with two attached hydrogens (primary N) is 1. The third-order valence-electron chi connectivity index (χ3n) is 5.95. The molecule has 0 spiro atoms. The summed E-state index contributed by atoms with van der Waals surface area (Å²) in [5.41, 5.74) is 10.7. The smallest absolute Gasteiger partial charge is 0.247 e. The Kier molecular flexibility index (Phi) is 7.59. The highest BCUT2D eigenvalue weighted by Gasteiger charge is 2.18. The van der Waals surface area contributed by atoms with E-state index < -0.39 is 0 Å². The summed E-state index contributed by atoms with van der Waals surface area (Å²) in [6, 6.07) is 13.4. The van der Waals surface area contributed by atoms with Crippen LogP contribution in [0.3, 0.4) is 0 Å². The zero-order chi connectivity index (χ0) is 26.5. The number of amides is 1. The molecule has 0 aliphatic heterocycles. The molecule has 0 bridgehead atoms. The van der Waals surface area contributed by atoms with E-state index in [4.69, 9.17) is 15.5 Å². The predicted molar refractivity (Wildman–Crippen MR) is 151 cm³/mol. The second-order valence-electron chi connectivity index (χ2n) is 8.84. The number of aromatic amines is 1. The number of fused-ring (bicyclic) bond motifs is 1. The van der Waals surface area contributed by atoms with Gasteiger partial charge in [-0.2, -0.15) is 0 Å². The van der Waals surface area contributed by atoms with Crippen molar-refractivity contribution in [3.8, 4) is 17.0 Å². The lowest BCUT2D eigenvalue weighted by Crippen LogP contribution is -2.29. The van der Waals surface area contributed by atoms with Crippen LogP contribution in [-0.2, 0) is 4.79 Å². The summed E-state index contributed by atoms with van der Waals surface area (Å²) in [7, 11) is 7.59. The van der Waals surface area contributed by atoms with Gasteiger partial charge in [-0.15, -0.1) is 0 Å². The number of nitrogens with one attached hydrogen (secondary N) is 3. The van der Waals surface area contributed by atoms with Crippen molar-refractivity contribution in [2.75, 3.05) is 62.6 Å². The Morgan fingerprint density at radius 1 is 1.16 bits per heavy atom. The summed E-state index contributed by atoms with van der Waals surface area (Å²) in [5.74, 6) is 1.15. The van der Waals surface area contributed by atoms with Crippen molar-refractivity contribution < 1.29 is 9.53 Å². The number of likely N-dealkylation sites (N-methyl/N-ethyl adjacent to an activating group) is 2. The molecule has 192 valence electrons. The monoisotopic (exact) mass is 500 g/mol. The van der Waals surface area contributed by atoms with Gasteiger partial charge in [0.05, 0.1) is 29.9 Å². The summed E-state index contributed by atoms with van der Waals surface area (Å²) in [4.78, 5) is 28.7. The van der Waals surface area contributed by atoms with Crippen LogP contribution in [0.15, 0.2) is 61.3 Å². The number of para-hydroxylation sites is 1. The van der Waals surface area contributed by atoms with Gasteiger partial charge in [-0.05, 0) is 38.4 Å². The van der Waals surface area contributed by atoms with Crippen molar-refractivity contribution in [1.82, 2.24) is 19.9 Å². The molecule has 2 aromatic carbocycles. The summed E-state index contributed by atoms with van der Waals surface area (Å²) in [6.45, 7) is 5.16. The zero-order valence-corrected chi connectivity index (χ0v) is 21.5. The molecule has 1 amide bonds. The van der Waals surface area contributed by atoms with Crippen molar-refractivity contribution in [3.63, 3.8) is 0 Å².